The van der Waals surface area contributed by atoms with E-state index in [2.05, 4.69) is 25.9 Å². The second kappa shape index (κ2) is 11.1. The molecule has 0 saturated carbocycles. The number of aromatic nitrogens is 2. The number of carbonyl (C=O) groups excluding carboxylic acids is 1. The van der Waals surface area contributed by atoms with Crippen LogP contribution in [-0.2, 0) is 23.9 Å². The largest absolute Gasteiger partial charge is 0.475 e. The van der Waals surface area contributed by atoms with Gasteiger partial charge in [0, 0.05) is 17.6 Å². The average molecular weight is 503 g/mol. The predicted molar refractivity (Wildman–Crippen MR) is 125 cm³/mol. The van der Waals surface area contributed by atoms with E-state index >= 15 is 0 Å². The number of alkyl carbamates (subject to hydrolysis) is 1. The minimum atomic E-state index is -4.73. The van der Waals surface area contributed by atoms with Crippen molar-refractivity contribution in [3.8, 4) is 5.88 Å². The maximum Gasteiger partial charge on any atom is 0.423 e. The number of fused-ring (bicyclic) bond motifs is 1. The van der Waals surface area contributed by atoms with Gasteiger partial charge in [-0.1, -0.05) is 30.3 Å². The summed E-state index contributed by atoms with van der Waals surface area (Å²) in [5.41, 5.74) is 1.96. The molecule has 0 aliphatic carbocycles. The van der Waals surface area contributed by atoms with Gasteiger partial charge in [0.25, 0.3) is 0 Å². The lowest BCUT2D eigenvalue weighted by atomic mass is 10.0. The summed E-state index contributed by atoms with van der Waals surface area (Å²) in [5.74, 6) is -0.751. The molecule has 1 unspecified atom stereocenters. The molecule has 1 amide bonds. The number of hydrogen-bond donors (Lipinski definition) is 4. The Labute approximate surface area is 204 Å². The third kappa shape index (κ3) is 6.75. The van der Waals surface area contributed by atoms with Gasteiger partial charge < -0.3 is 30.5 Å². The van der Waals surface area contributed by atoms with E-state index in [4.69, 9.17) is 9.47 Å². The first kappa shape index (κ1) is 25.0. The second-order valence-corrected chi connectivity index (χ2v) is 7.94. The van der Waals surface area contributed by atoms with Gasteiger partial charge in [0.15, 0.2) is 0 Å². The highest BCUT2D eigenvalue weighted by Gasteiger charge is 2.36. The Bertz CT molecular complexity index is 1190. The molecule has 9 nitrogen and oxygen atoms in total. The van der Waals surface area contributed by atoms with E-state index in [0.29, 0.717) is 24.7 Å². The maximum absolute atomic E-state index is 13.4. The van der Waals surface area contributed by atoms with Gasteiger partial charge in [-0.05, 0) is 42.2 Å². The van der Waals surface area contributed by atoms with Crippen LogP contribution < -0.4 is 20.7 Å². The summed E-state index contributed by atoms with van der Waals surface area (Å²) in [6.07, 6.45) is -4.25. The first-order chi connectivity index (χ1) is 17.3. The molecule has 0 bridgehead atoms. The summed E-state index contributed by atoms with van der Waals surface area (Å²) in [7, 11) is 0. The summed E-state index contributed by atoms with van der Waals surface area (Å²) in [5, 5.41) is 17.9. The van der Waals surface area contributed by atoms with Crippen LogP contribution in [0.1, 0.15) is 23.1 Å². The molecule has 0 spiro atoms. The van der Waals surface area contributed by atoms with Crippen molar-refractivity contribution < 1.29 is 32.5 Å². The van der Waals surface area contributed by atoms with Crippen molar-refractivity contribution in [1.29, 1.82) is 0 Å². The topological polar surface area (TPSA) is 118 Å². The van der Waals surface area contributed by atoms with E-state index in [1.54, 1.807) is 30.3 Å². The molecule has 190 valence electrons. The summed E-state index contributed by atoms with van der Waals surface area (Å²) < 4.78 is 50.6. The van der Waals surface area contributed by atoms with Crippen LogP contribution in [-0.4, -0.2) is 40.5 Å². The van der Waals surface area contributed by atoms with E-state index in [1.165, 1.54) is 0 Å². The molecule has 12 heteroatoms. The molecule has 0 fully saturated rings. The molecule has 4 rings (SSSR count). The molecule has 1 aliphatic rings. The number of benzene rings is 2. The fourth-order valence-corrected chi connectivity index (χ4v) is 3.50. The first-order valence-electron chi connectivity index (χ1n) is 11.1. The zero-order chi connectivity index (χ0) is 25.5. The number of nitrogens with one attached hydrogen (secondary N) is 3. The van der Waals surface area contributed by atoms with Crippen molar-refractivity contribution >= 4 is 23.4 Å². The Balaban J connectivity index is 1.35. The van der Waals surface area contributed by atoms with Crippen molar-refractivity contribution in [2.45, 2.75) is 31.9 Å². The molecule has 2 heterocycles. The second-order valence-electron chi connectivity index (χ2n) is 7.94. The van der Waals surface area contributed by atoms with Gasteiger partial charge in [0.05, 0.1) is 6.54 Å². The fourth-order valence-electron chi connectivity index (χ4n) is 3.50. The number of halogens is 3. The average Bonchev–Trinajstić information content (AvgIpc) is 2.85. The zero-order valence-electron chi connectivity index (χ0n) is 19.0. The third-order valence-corrected chi connectivity index (χ3v) is 5.25. The molecular weight excluding hydrogens is 479 g/mol. The van der Waals surface area contributed by atoms with Gasteiger partial charge in [-0.25, -0.2) is 9.78 Å². The number of aryl methyl sites for hydroxylation is 1. The van der Waals surface area contributed by atoms with E-state index < -0.39 is 29.9 Å². The molecule has 0 saturated heterocycles. The van der Waals surface area contributed by atoms with Gasteiger partial charge in [-0.15, -0.1) is 0 Å². The minimum absolute atomic E-state index is 0.0615. The first-order valence-corrected chi connectivity index (χ1v) is 11.1. The van der Waals surface area contributed by atoms with E-state index in [9.17, 15) is 23.1 Å². The highest BCUT2D eigenvalue weighted by atomic mass is 19.4. The highest BCUT2D eigenvalue weighted by molar-refractivity contribution is 5.67. The molecule has 1 aromatic heterocycles. The summed E-state index contributed by atoms with van der Waals surface area (Å²) in [6, 6.07) is 14.3. The highest BCUT2D eigenvalue weighted by Crippen LogP contribution is 2.35. The quantitative estimate of drug-likeness (QED) is 0.338. The number of anilines is 3. The van der Waals surface area contributed by atoms with Gasteiger partial charge in [0.2, 0.25) is 11.8 Å². The summed E-state index contributed by atoms with van der Waals surface area (Å²) in [4.78, 5) is 19.5. The van der Waals surface area contributed by atoms with Crippen molar-refractivity contribution in [2.24, 2.45) is 0 Å². The Morgan fingerprint density at radius 3 is 2.78 bits per heavy atom. The Kier molecular flexibility index (Phi) is 7.74. The summed E-state index contributed by atoms with van der Waals surface area (Å²) >= 11 is 0. The molecule has 3 aromatic rings. The monoisotopic (exact) mass is 503 g/mol. The molecule has 0 radical (unpaired) electrons. The number of alkyl halides is 3. The van der Waals surface area contributed by atoms with Gasteiger partial charge in [-0.3, -0.25) is 0 Å². The molecule has 36 heavy (non-hydrogen) atoms. The number of amides is 1. The van der Waals surface area contributed by atoms with Crippen molar-refractivity contribution in [3.05, 3.63) is 71.4 Å². The van der Waals surface area contributed by atoms with Crippen LogP contribution in [0.4, 0.5) is 35.3 Å². The lowest BCUT2D eigenvalue weighted by molar-refractivity contribution is -0.139. The van der Waals surface area contributed by atoms with Gasteiger partial charge in [0.1, 0.15) is 25.0 Å². The third-order valence-electron chi connectivity index (χ3n) is 5.25. The number of nitrogens with zero attached hydrogens (tertiary/aromatic N) is 2. The lowest BCUT2D eigenvalue weighted by Gasteiger charge is -2.23. The van der Waals surface area contributed by atoms with Crippen molar-refractivity contribution in [2.75, 3.05) is 23.8 Å². The van der Waals surface area contributed by atoms with Crippen LogP contribution in [0.3, 0.4) is 0 Å². The molecule has 4 N–H and O–H groups in total. The standard InChI is InChI=1S/C24H24F3N5O4/c25-24(26,27)18-13-29-22(30-17-7-8-19-16(12-17)6-9-20(33)31-19)32-21(18)35-11-10-28-23(34)36-14-15-4-2-1-3-5-15/h1-5,7-8,12-13,20,31,33H,6,9-11,14H2,(H,28,34)(H,29,30,32). The zero-order valence-corrected chi connectivity index (χ0v) is 19.0. The molecular formula is C24H24F3N5O4. The van der Waals surface area contributed by atoms with Crippen molar-refractivity contribution in [1.82, 2.24) is 15.3 Å². The molecule has 1 atom stereocenters. The van der Waals surface area contributed by atoms with E-state index in [1.807, 2.05) is 18.2 Å². The Morgan fingerprint density at radius 1 is 1.19 bits per heavy atom. The number of ether oxygens (including phenoxy) is 2. The van der Waals surface area contributed by atoms with Gasteiger partial charge >= 0.3 is 12.3 Å². The number of aliphatic hydroxyl groups is 1. The van der Waals surface area contributed by atoms with Crippen LogP contribution in [0.25, 0.3) is 0 Å². The van der Waals surface area contributed by atoms with Crippen LogP contribution in [0.2, 0.25) is 0 Å². The van der Waals surface area contributed by atoms with E-state index in [0.717, 1.165) is 16.8 Å². The Morgan fingerprint density at radius 2 is 2.00 bits per heavy atom. The van der Waals surface area contributed by atoms with Crippen LogP contribution >= 0.6 is 0 Å². The van der Waals surface area contributed by atoms with Gasteiger partial charge in [-0.2, -0.15) is 18.2 Å². The number of carbonyl (C=O) groups is 1. The van der Waals surface area contributed by atoms with Crippen LogP contribution in [0.15, 0.2) is 54.7 Å². The lowest BCUT2D eigenvalue weighted by Crippen LogP contribution is -2.29. The smallest absolute Gasteiger partial charge is 0.423 e. The molecule has 1 aliphatic heterocycles. The SMILES string of the molecule is O=C(NCCOc1nc(Nc2ccc3c(c2)CCC(O)N3)ncc1C(F)(F)F)OCc1ccccc1. The normalized spacial score (nSPS) is 14.8. The van der Waals surface area contributed by atoms with Crippen molar-refractivity contribution in [3.63, 3.8) is 0 Å². The van der Waals surface area contributed by atoms with E-state index in [-0.39, 0.29) is 25.7 Å². The summed E-state index contributed by atoms with van der Waals surface area (Å²) in [6.45, 7) is -0.305. The fraction of sp³-hybridized carbons (Fsp3) is 0.292. The Hall–Kier alpha value is -4.06. The number of hydrogen-bond acceptors (Lipinski definition) is 8. The predicted octanol–water partition coefficient (Wildman–Crippen LogP) is 4.22. The van der Waals surface area contributed by atoms with Crippen LogP contribution in [0, 0.1) is 0 Å². The number of rotatable bonds is 8. The maximum atomic E-state index is 13.4. The van der Waals surface area contributed by atoms with Crippen LogP contribution in [0.5, 0.6) is 5.88 Å². The molecule has 2 aromatic carbocycles. The number of aliphatic hydroxyl groups excluding tert-OH is 1. The minimum Gasteiger partial charge on any atom is -0.475 e.